The van der Waals surface area contributed by atoms with E-state index in [1.807, 2.05) is 38.1 Å². The van der Waals surface area contributed by atoms with Gasteiger partial charge in [0.1, 0.15) is 5.75 Å². The Balaban J connectivity index is 1.56. The minimum Gasteiger partial charge on any atom is -0.497 e. The van der Waals surface area contributed by atoms with Gasteiger partial charge in [-0.1, -0.05) is 25.1 Å². The van der Waals surface area contributed by atoms with Crippen molar-refractivity contribution >= 4 is 26.8 Å². The Labute approximate surface area is 188 Å². The topological polar surface area (TPSA) is 79.8 Å². The summed E-state index contributed by atoms with van der Waals surface area (Å²) in [5.74, 6) is 0.531. The van der Waals surface area contributed by atoms with Gasteiger partial charge in [0, 0.05) is 37.3 Å². The number of methoxy groups -OCH3 is 1. The molecule has 0 atom stereocenters. The molecule has 0 saturated carbocycles. The first kappa shape index (κ1) is 22.2. The van der Waals surface area contributed by atoms with Crippen LogP contribution in [0.4, 0.5) is 0 Å². The van der Waals surface area contributed by atoms with Gasteiger partial charge < -0.3 is 9.64 Å². The molecule has 0 radical (unpaired) electrons. The summed E-state index contributed by atoms with van der Waals surface area (Å²) in [6.07, 6.45) is 0.741. The van der Waals surface area contributed by atoms with Crippen LogP contribution in [0.1, 0.15) is 28.5 Å². The second-order valence-corrected chi connectivity index (χ2v) is 9.74. The molecule has 2 aromatic carbocycles. The molecule has 0 spiro atoms. The number of piperazine rings is 1. The van der Waals surface area contributed by atoms with Crippen LogP contribution in [0.15, 0.2) is 53.4 Å². The molecule has 8 heteroatoms. The lowest BCUT2D eigenvalue weighted by atomic mass is 9.99. The Morgan fingerprint density at radius 1 is 1.03 bits per heavy atom. The summed E-state index contributed by atoms with van der Waals surface area (Å²) < 4.78 is 32.6. The van der Waals surface area contributed by atoms with Gasteiger partial charge in [-0.15, -0.1) is 0 Å². The Hall–Kier alpha value is -2.97. The smallest absolute Gasteiger partial charge is 0.254 e. The summed E-state index contributed by atoms with van der Waals surface area (Å²) in [6.45, 7) is 5.15. The van der Waals surface area contributed by atoms with Gasteiger partial charge in [-0.2, -0.15) is 4.31 Å². The summed E-state index contributed by atoms with van der Waals surface area (Å²) in [4.78, 5) is 20.2. The van der Waals surface area contributed by atoms with E-state index in [1.54, 1.807) is 29.2 Å². The van der Waals surface area contributed by atoms with E-state index in [1.165, 1.54) is 11.4 Å². The van der Waals surface area contributed by atoms with Gasteiger partial charge >= 0.3 is 0 Å². The number of aryl methyl sites for hydroxylation is 1. The molecule has 32 heavy (non-hydrogen) atoms. The van der Waals surface area contributed by atoms with Gasteiger partial charge in [0.25, 0.3) is 5.91 Å². The number of sulfonamides is 1. The molecule has 7 nitrogen and oxygen atoms in total. The van der Waals surface area contributed by atoms with Crippen molar-refractivity contribution in [1.82, 2.24) is 14.2 Å². The van der Waals surface area contributed by atoms with Crippen molar-refractivity contribution in [1.29, 1.82) is 0 Å². The Morgan fingerprint density at radius 3 is 2.31 bits per heavy atom. The maximum absolute atomic E-state index is 13.5. The number of benzene rings is 2. The molecule has 1 aliphatic heterocycles. The van der Waals surface area contributed by atoms with E-state index in [4.69, 9.17) is 9.72 Å². The number of amides is 1. The number of pyridine rings is 1. The predicted molar refractivity (Wildman–Crippen MR) is 124 cm³/mol. The van der Waals surface area contributed by atoms with Crippen LogP contribution in [0.5, 0.6) is 5.75 Å². The van der Waals surface area contributed by atoms with Crippen LogP contribution in [0.25, 0.3) is 10.9 Å². The number of para-hydroxylation sites is 1. The van der Waals surface area contributed by atoms with Gasteiger partial charge in [-0.25, -0.2) is 8.42 Å². The predicted octanol–water partition coefficient (Wildman–Crippen LogP) is 3.26. The summed E-state index contributed by atoms with van der Waals surface area (Å²) in [7, 11) is -2.09. The summed E-state index contributed by atoms with van der Waals surface area (Å²) >= 11 is 0. The van der Waals surface area contributed by atoms with Crippen molar-refractivity contribution in [3.63, 3.8) is 0 Å². The Kier molecular flexibility index (Phi) is 6.17. The summed E-state index contributed by atoms with van der Waals surface area (Å²) in [6, 6.07) is 14.0. The number of nitrogens with zero attached hydrogens (tertiary/aromatic N) is 3. The molecule has 0 N–H and O–H groups in total. The lowest BCUT2D eigenvalue weighted by Crippen LogP contribution is -2.50. The monoisotopic (exact) mass is 453 g/mol. The molecule has 3 aromatic rings. The molecule has 0 bridgehead atoms. The average Bonchev–Trinajstić information content (AvgIpc) is 2.83. The van der Waals surface area contributed by atoms with E-state index < -0.39 is 10.0 Å². The van der Waals surface area contributed by atoms with Crippen LogP contribution in [-0.4, -0.2) is 61.8 Å². The van der Waals surface area contributed by atoms with Gasteiger partial charge in [0.2, 0.25) is 10.0 Å². The number of carbonyl (C=O) groups excluding carboxylic acids is 1. The quantitative estimate of drug-likeness (QED) is 0.592. The van der Waals surface area contributed by atoms with Crippen molar-refractivity contribution in [3.8, 4) is 5.75 Å². The van der Waals surface area contributed by atoms with Crippen LogP contribution >= 0.6 is 0 Å². The largest absolute Gasteiger partial charge is 0.497 e. The van der Waals surface area contributed by atoms with E-state index in [2.05, 4.69) is 0 Å². The number of carbonyl (C=O) groups is 1. The van der Waals surface area contributed by atoms with Gasteiger partial charge in [0.15, 0.2) is 0 Å². The van der Waals surface area contributed by atoms with Crippen molar-refractivity contribution < 1.29 is 17.9 Å². The lowest BCUT2D eigenvalue weighted by Gasteiger charge is -2.34. The molecular weight excluding hydrogens is 426 g/mol. The molecule has 4 rings (SSSR count). The number of hydrogen-bond acceptors (Lipinski definition) is 5. The fourth-order valence-electron chi connectivity index (χ4n) is 4.16. The van der Waals surface area contributed by atoms with Crippen molar-refractivity contribution in [2.75, 3.05) is 33.3 Å². The van der Waals surface area contributed by atoms with Gasteiger partial charge in [-0.3, -0.25) is 9.78 Å². The molecule has 0 unspecified atom stereocenters. The molecule has 2 heterocycles. The number of fused-ring (bicyclic) bond motifs is 1. The standard InChI is InChI=1S/C24H27N3O4S/c1-4-21-17(2)23(20-7-5-6-8-22(20)25-21)24(28)26-13-15-27(16-14-26)32(29,30)19-11-9-18(31-3)10-12-19/h5-12H,4,13-16H2,1-3H3. The molecule has 1 amide bonds. The first-order valence-electron chi connectivity index (χ1n) is 10.7. The molecule has 1 fully saturated rings. The first-order valence-corrected chi connectivity index (χ1v) is 12.1. The second kappa shape index (κ2) is 8.88. The average molecular weight is 454 g/mol. The fraction of sp³-hybridized carbons (Fsp3) is 0.333. The van der Waals surface area contributed by atoms with E-state index in [-0.39, 0.29) is 23.9 Å². The Bertz CT molecular complexity index is 1250. The second-order valence-electron chi connectivity index (χ2n) is 7.80. The van der Waals surface area contributed by atoms with Crippen LogP contribution in [-0.2, 0) is 16.4 Å². The van der Waals surface area contributed by atoms with E-state index in [0.29, 0.717) is 24.4 Å². The van der Waals surface area contributed by atoms with E-state index >= 15 is 0 Å². The maximum atomic E-state index is 13.5. The first-order chi connectivity index (χ1) is 15.4. The van der Waals surface area contributed by atoms with Gasteiger partial charge in [0.05, 0.1) is 23.1 Å². The number of rotatable bonds is 5. The zero-order valence-corrected chi connectivity index (χ0v) is 19.4. The highest BCUT2D eigenvalue weighted by Crippen LogP contribution is 2.26. The number of ether oxygens (including phenoxy) is 1. The Morgan fingerprint density at radius 2 is 1.69 bits per heavy atom. The zero-order valence-electron chi connectivity index (χ0n) is 18.5. The van der Waals surface area contributed by atoms with Crippen LogP contribution in [0.3, 0.4) is 0 Å². The summed E-state index contributed by atoms with van der Waals surface area (Å²) in [5.41, 5.74) is 3.27. The van der Waals surface area contributed by atoms with Crippen LogP contribution < -0.4 is 4.74 Å². The number of hydrogen-bond donors (Lipinski definition) is 0. The normalized spacial score (nSPS) is 15.2. The highest BCUT2D eigenvalue weighted by Gasteiger charge is 2.31. The van der Waals surface area contributed by atoms with Crippen molar-refractivity contribution in [2.45, 2.75) is 25.2 Å². The van der Waals surface area contributed by atoms with Crippen molar-refractivity contribution in [2.24, 2.45) is 0 Å². The summed E-state index contributed by atoms with van der Waals surface area (Å²) in [5, 5.41) is 0.834. The van der Waals surface area contributed by atoms with Crippen LogP contribution in [0, 0.1) is 6.92 Å². The van der Waals surface area contributed by atoms with E-state index in [9.17, 15) is 13.2 Å². The highest BCUT2D eigenvalue weighted by atomic mass is 32.2. The maximum Gasteiger partial charge on any atom is 0.254 e. The molecule has 168 valence electrons. The highest BCUT2D eigenvalue weighted by molar-refractivity contribution is 7.89. The minimum absolute atomic E-state index is 0.0719. The lowest BCUT2D eigenvalue weighted by molar-refractivity contribution is 0.0699. The zero-order chi connectivity index (χ0) is 22.9. The molecule has 1 aliphatic rings. The minimum atomic E-state index is -3.62. The molecular formula is C24H27N3O4S. The molecule has 0 aliphatic carbocycles. The number of aromatic nitrogens is 1. The van der Waals surface area contributed by atoms with Gasteiger partial charge in [-0.05, 0) is 49.2 Å². The fourth-order valence-corrected chi connectivity index (χ4v) is 5.59. The van der Waals surface area contributed by atoms with Crippen LogP contribution in [0.2, 0.25) is 0 Å². The molecule has 1 aromatic heterocycles. The molecule has 1 saturated heterocycles. The van der Waals surface area contributed by atoms with Crippen molar-refractivity contribution in [3.05, 3.63) is 65.4 Å². The third kappa shape index (κ3) is 3.96. The SMILES string of the molecule is CCc1nc2ccccc2c(C(=O)N2CCN(S(=O)(=O)c3ccc(OC)cc3)CC2)c1C. The third-order valence-corrected chi connectivity index (χ3v) is 7.92. The van der Waals surface area contributed by atoms with E-state index in [0.717, 1.165) is 28.6 Å². The third-order valence-electron chi connectivity index (χ3n) is 6.01.